The monoisotopic (exact) mass is 279 g/mol. The van der Waals surface area contributed by atoms with E-state index in [2.05, 4.69) is 32.4 Å². The molecule has 1 fully saturated rings. The number of aromatic nitrogens is 2. The van der Waals surface area contributed by atoms with Crippen molar-refractivity contribution in [1.82, 2.24) is 20.2 Å². The van der Waals surface area contributed by atoms with Crippen molar-refractivity contribution in [3.63, 3.8) is 0 Å². The second-order valence-electron chi connectivity index (χ2n) is 4.94. The first-order valence-electron chi connectivity index (χ1n) is 6.85. The number of ether oxygens (including phenoxy) is 1. The highest BCUT2D eigenvalue weighted by Gasteiger charge is 2.14. The zero-order chi connectivity index (χ0) is 14.2. The van der Waals surface area contributed by atoms with E-state index in [1.54, 1.807) is 6.20 Å². The lowest BCUT2D eigenvalue weighted by Gasteiger charge is -2.29. The Bertz CT molecular complexity index is 408. The summed E-state index contributed by atoms with van der Waals surface area (Å²) in [4.78, 5) is 21.9. The molecule has 1 aromatic rings. The molecule has 0 radical (unpaired) electrons. The molecule has 1 unspecified atom stereocenters. The Morgan fingerprint density at radius 3 is 2.95 bits per heavy atom. The van der Waals surface area contributed by atoms with E-state index in [1.807, 2.05) is 0 Å². The summed E-state index contributed by atoms with van der Waals surface area (Å²) in [6, 6.07) is -0.251. The van der Waals surface area contributed by atoms with Crippen LogP contribution in [0.25, 0.3) is 0 Å². The predicted molar refractivity (Wildman–Crippen MR) is 75.5 cm³/mol. The lowest BCUT2D eigenvalue weighted by Crippen LogP contribution is -2.42. The second-order valence-corrected chi connectivity index (χ2v) is 4.94. The molecule has 7 nitrogen and oxygen atoms in total. The van der Waals surface area contributed by atoms with Gasteiger partial charge in [-0.25, -0.2) is 9.78 Å². The van der Waals surface area contributed by atoms with Crippen molar-refractivity contribution in [1.29, 1.82) is 0 Å². The average Bonchev–Trinajstić information content (AvgIpc) is 2.47. The molecule has 2 N–H and O–H groups in total. The third kappa shape index (κ3) is 5.10. The van der Waals surface area contributed by atoms with E-state index in [1.165, 1.54) is 12.4 Å². The third-order valence-electron chi connectivity index (χ3n) is 3.09. The number of carbonyl (C=O) groups excluding carboxylic acids is 1. The smallest absolute Gasteiger partial charge is 0.320 e. The highest BCUT2D eigenvalue weighted by atomic mass is 16.5. The van der Waals surface area contributed by atoms with Gasteiger partial charge >= 0.3 is 6.03 Å². The van der Waals surface area contributed by atoms with E-state index in [0.717, 1.165) is 32.8 Å². The molecule has 2 rings (SSSR count). The zero-order valence-electron chi connectivity index (χ0n) is 11.7. The van der Waals surface area contributed by atoms with Crippen molar-refractivity contribution in [3.8, 4) is 0 Å². The number of anilines is 1. The molecule has 0 spiro atoms. The molecular formula is C13H21N5O2. The van der Waals surface area contributed by atoms with Gasteiger partial charge in [0, 0.05) is 38.6 Å². The largest absolute Gasteiger partial charge is 0.379 e. The number of rotatable bonds is 5. The lowest BCUT2D eigenvalue weighted by molar-refractivity contribution is 0.0320. The molecule has 1 saturated heterocycles. The summed E-state index contributed by atoms with van der Waals surface area (Å²) in [5.41, 5.74) is 0. The molecule has 7 heteroatoms. The van der Waals surface area contributed by atoms with Crippen LogP contribution in [0.1, 0.15) is 6.92 Å². The maximum Gasteiger partial charge on any atom is 0.320 e. The molecule has 2 amide bonds. The molecule has 20 heavy (non-hydrogen) atoms. The molecule has 1 aromatic heterocycles. The highest BCUT2D eigenvalue weighted by Crippen LogP contribution is 2.03. The van der Waals surface area contributed by atoms with Crippen LogP contribution in [0.15, 0.2) is 18.6 Å². The maximum atomic E-state index is 11.7. The molecule has 1 aliphatic rings. The lowest BCUT2D eigenvalue weighted by atomic mass is 10.1. The Hall–Kier alpha value is -1.73. The number of morpholine rings is 1. The van der Waals surface area contributed by atoms with Gasteiger partial charge in [0.05, 0.1) is 19.4 Å². The maximum absolute atomic E-state index is 11.7. The van der Waals surface area contributed by atoms with Gasteiger partial charge in [-0.05, 0) is 5.92 Å². The minimum absolute atomic E-state index is 0.251. The molecular weight excluding hydrogens is 258 g/mol. The number of hydrogen-bond donors (Lipinski definition) is 2. The van der Waals surface area contributed by atoms with Crippen LogP contribution >= 0.6 is 0 Å². The first kappa shape index (κ1) is 14.7. The Morgan fingerprint density at radius 1 is 1.45 bits per heavy atom. The normalized spacial score (nSPS) is 17.4. The van der Waals surface area contributed by atoms with Crippen LogP contribution in [0.3, 0.4) is 0 Å². The van der Waals surface area contributed by atoms with Gasteiger partial charge in [0.1, 0.15) is 0 Å². The van der Waals surface area contributed by atoms with E-state index in [0.29, 0.717) is 18.3 Å². The van der Waals surface area contributed by atoms with Gasteiger partial charge < -0.3 is 10.1 Å². The number of urea groups is 1. The van der Waals surface area contributed by atoms with Crippen LogP contribution in [0, 0.1) is 5.92 Å². The van der Waals surface area contributed by atoms with E-state index >= 15 is 0 Å². The van der Waals surface area contributed by atoms with Crippen molar-refractivity contribution >= 4 is 11.8 Å². The topological polar surface area (TPSA) is 79.4 Å². The van der Waals surface area contributed by atoms with Crippen LogP contribution < -0.4 is 10.6 Å². The minimum Gasteiger partial charge on any atom is -0.379 e. The summed E-state index contributed by atoms with van der Waals surface area (Å²) < 4.78 is 5.31. The summed E-state index contributed by atoms with van der Waals surface area (Å²) in [6.45, 7) is 7.25. The third-order valence-corrected chi connectivity index (χ3v) is 3.09. The fourth-order valence-electron chi connectivity index (χ4n) is 2.08. The van der Waals surface area contributed by atoms with Crippen molar-refractivity contribution < 1.29 is 9.53 Å². The fourth-order valence-corrected chi connectivity index (χ4v) is 2.08. The highest BCUT2D eigenvalue weighted by molar-refractivity contribution is 5.87. The number of nitrogens with zero attached hydrogens (tertiary/aromatic N) is 3. The minimum atomic E-state index is -0.251. The second kappa shape index (κ2) is 7.76. The summed E-state index contributed by atoms with van der Waals surface area (Å²) in [7, 11) is 0. The van der Waals surface area contributed by atoms with Gasteiger partial charge in [-0.15, -0.1) is 0 Å². The number of carbonyl (C=O) groups is 1. The first-order chi connectivity index (χ1) is 9.74. The number of nitrogens with one attached hydrogen (secondary N) is 2. The van der Waals surface area contributed by atoms with Crippen molar-refractivity contribution in [2.75, 3.05) is 44.7 Å². The molecule has 2 heterocycles. The molecule has 0 aromatic carbocycles. The summed E-state index contributed by atoms with van der Waals surface area (Å²) in [5.74, 6) is 0.839. The molecule has 0 saturated carbocycles. The Kier molecular flexibility index (Phi) is 5.69. The summed E-state index contributed by atoms with van der Waals surface area (Å²) in [5, 5.41) is 5.49. The van der Waals surface area contributed by atoms with Crippen LogP contribution in [0.5, 0.6) is 0 Å². The van der Waals surface area contributed by atoms with Gasteiger partial charge in [0.2, 0.25) is 0 Å². The van der Waals surface area contributed by atoms with Crippen LogP contribution in [0.4, 0.5) is 10.6 Å². The standard InChI is InChI=1S/C13H21N5O2/c1-11(10-18-4-6-20-7-5-18)8-16-13(19)17-12-9-14-2-3-15-12/h2-3,9,11H,4-8,10H2,1H3,(H2,15,16,17,19). The van der Waals surface area contributed by atoms with Crippen LogP contribution in [0.2, 0.25) is 0 Å². The van der Waals surface area contributed by atoms with E-state index in [4.69, 9.17) is 4.74 Å². The predicted octanol–water partition coefficient (Wildman–Crippen LogP) is 0.566. The van der Waals surface area contributed by atoms with Crippen molar-refractivity contribution in [3.05, 3.63) is 18.6 Å². The first-order valence-corrected chi connectivity index (χ1v) is 6.85. The van der Waals surface area contributed by atoms with Crippen molar-refractivity contribution in [2.24, 2.45) is 5.92 Å². The zero-order valence-corrected chi connectivity index (χ0v) is 11.7. The Morgan fingerprint density at radius 2 is 2.25 bits per heavy atom. The summed E-state index contributed by atoms with van der Waals surface area (Å²) in [6.07, 6.45) is 4.61. The fraction of sp³-hybridized carbons (Fsp3) is 0.615. The number of hydrogen-bond acceptors (Lipinski definition) is 5. The van der Waals surface area contributed by atoms with Crippen LogP contribution in [-0.4, -0.2) is 60.3 Å². The van der Waals surface area contributed by atoms with Gasteiger partial charge in [-0.1, -0.05) is 6.92 Å². The van der Waals surface area contributed by atoms with Gasteiger partial charge in [0.15, 0.2) is 5.82 Å². The van der Waals surface area contributed by atoms with Gasteiger partial charge in [-0.2, -0.15) is 0 Å². The Balaban J connectivity index is 1.64. The molecule has 0 aliphatic carbocycles. The molecule has 1 atom stereocenters. The number of amides is 2. The van der Waals surface area contributed by atoms with E-state index < -0.39 is 0 Å². The SMILES string of the molecule is CC(CNC(=O)Nc1cnccn1)CN1CCOCC1. The summed E-state index contributed by atoms with van der Waals surface area (Å²) >= 11 is 0. The van der Waals surface area contributed by atoms with Gasteiger partial charge in [0.25, 0.3) is 0 Å². The Labute approximate surface area is 118 Å². The molecule has 0 bridgehead atoms. The van der Waals surface area contributed by atoms with Gasteiger partial charge in [-0.3, -0.25) is 15.2 Å². The van der Waals surface area contributed by atoms with E-state index in [9.17, 15) is 4.79 Å². The quantitative estimate of drug-likeness (QED) is 0.823. The molecule has 1 aliphatic heterocycles. The molecule has 110 valence electrons. The van der Waals surface area contributed by atoms with E-state index in [-0.39, 0.29) is 6.03 Å². The van der Waals surface area contributed by atoms with Crippen molar-refractivity contribution in [2.45, 2.75) is 6.92 Å². The average molecular weight is 279 g/mol. The van der Waals surface area contributed by atoms with Crippen LogP contribution in [-0.2, 0) is 4.74 Å².